The molecule has 0 saturated carbocycles. The summed E-state index contributed by atoms with van der Waals surface area (Å²) in [6.07, 6.45) is 3.99. The van der Waals surface area contributed by atoms with Gasteiger partial charge in [0.1, 0.15) is 11.4 Å². The molecule has 1 aliphatic rings. The van der Waals surface area contributed by atoms with E-state index in [1.54, 1.807) is 7.11 Å². The maximum atomic E-state index is 9.55. The average molecular weight is 503 g/mol. The largest absolute Gasteiger partial charge is 0.497 e. The van der Waals surface area contributed by atoms with Crippen LogP contribution in [0.2, 0.25) is 0 Å². The van der Waals surface area contributed by atoms with Crippen molar-refractivity contribution in [1.29, 1.82) is 0 Å². The lowest BCUT2D eigenvalue weighted by Crippen LogP contribution is -2.24. The normalized spacial score (nSPS) is 12.1. The molecule has 1 aliphatic heterocycles. The maximum Gasteiger partial charge on any atom is 0.328 e. The lowest BCUT2D eigenvalue weighted by molar-refractivity contribution is -0.134. The third kappa shape index (κ3) is 7.49. The number of nitrogens with zero attached hydrogens (tertiary/aromatic N) is 4. The second-order valence-corrected chi connectivity index (χ2v) is 8.37. The van der Waals surface area contributed by atoms with Gasteiger partial charge in [-0.25, -0.2) is 19.6 Å². The number of benzene rings is 2. The molecule has 0 atom stereocenters. The van der Waals surface area contributed by atoms with E-state index < -0.39 is 11.9 Å². The molecule has 2 aromatic carbocycles. The predicted molar refractivity (Wildman–Crippen MR) is 144 cm³/mol. The van der Waals surface area contributed by atoms with Crippen LogP contribution >= 0.6 is 0 Å². The SMILES string of the molecule is COc1ccc(C2=Nc3cccnc3N(CCCN(C)C)c3ccccc32)cc1.O=C(O)/C=C/C(=O)O. The number of methoxy groups -OCH3 is 1. The van der Waals surface area contributed by atoms with E-state index in [4.69, 9.17) is 24.9 Å². The minimum atomic E-state index is -1.26. The first kappa shape index (κ1) is 27.1. The van der Waals surface area contributed by atoms with E-state index in [-0.39, 0.29) is 0 Å². The van der Waals surface area contributed by atoms with Crippen molar-refractivity contribution in [1.82, 2.24) is 9.88 Å². The van der Waals surface area contributed by atoms with Crippen LogP contribution in [-0.4, -0.2) is 72.0 Å². The fourth-order valence-electron chi connectivity index (χ4n) is 3.77. The Balaban J connectivity index is 0.000000414. The number of carboxylic acid groups (broad SMARTS) is 2. The van der Waals surface area contributed by atoms with Gasteiger partial charge < -0.3 is 24.7 Å². The van der Waals surface area contributed by atoms with Gasteiger partial charge >= 0.3 is 11.9 Å². The quantitative estimate of drug-likeness (QED) is 0.436. The van der Waals surface area contributed by atoms with E-state index in [1.807, 2.05) is 30.5 Å². The minimum Gasteiger partial charge on any atom is -0.497 e. The maximum absolute atomic E-state index is 9.55. The molecule has 2 N–H and O–H groups in total. The van der Waals surface area contributed by atoms with Gasteiger partial charge in [0.2, 0.25) is 0 Å². The first-order valence-corrected chi connectivity index (χ1v) is 11.6. The zero-order valence-corrected chi connectivity index (χ0v) is 21.0. The van der Waals surface area contributed by atoms with E-state index in [1.165, 1.54) is 0 Å². The van der Waals surface area contributed by atoms with Crippen LogP contribution in [0.4, 0.5) is 17.2 Å². The standard InChI is InChI=1S/C24H26N4O.C4H4O4/c1-27(2)16-7-17-28-22-10-5-4-8-20(22)23(18-11-13-19(29-3)14-12-18)26-21-9-6-15-25-24(21)28;5-3(6)1-2-4(7)8/h4-6,8-15H,7,16-17H2,1-3H3;1-2H,(H,5,6)(H,7,8)/b;2-1+. The zero-order chi connectivity index (χ0) is 26.8. The molecule has 4 rings (SSSR count). The number of hydrogen-bond donors (Lipinski definition) is 2. The second-order valence-electron chi connectivity index (χ2n) is 8.37. The van der Waals surface area contributed by atoms with Crippen LogP contribution in [0.5, 0.6) is 5.75 Å². The van der Waals surface area contributed by atoms with Crippen molar-refractivity contribution in [3.05, 3.63) is 90.1 Å². The molecule has 0 unspecified atom stereocenters. The molecule has 0 spiro atoms. The van der Waals surface area contributed by atoms with Crippen LogP contribution in [0.1, 0.15) is 17.5 Å². The summed E-state index contributed by atoms with van der Waals surface area (Å²) in [5.41, 5.74) is 5.15. The van der Waals surface area contributed by atoms with Crippen molar-refractivity contribution in [2.75, 3.05) is 39.2 Å². The van der Waals surface area contributed by atoms with Gasteiger partial charge in [-0.2, -0.15) is 0 Å². The smallest absolute Gasteiger partial charge is 0.328 e. The summed E-state index contributed by atoms with van der Waals surface area (Å²) < 4.78 is 5.33. The lowest BCUT2D eigenvalue weighted by atomic mass is 10.00. The van der Waals surface area contributed by atoms with E-state index in [0.29, 0.717) is 12.2 Å². The highest BCUT2D eigenvalue weighted by atomic mass is 16.5. The summed E-state index contributed by atoms with van der Waals surface area (Å²) >= 11 is 0. The Labute approximate surface area is 216 Å². The zero-order valence-electron chi connectivity index (χ0n) is 21.0. The van der Waals surface area contributed by atoms with Crippen molar-refractivity contribution in [2.45, 2.75) is 6.42 Å². The number of para-hydroxylation sites is 1. The molecule has 3 aromatic rings. The number of ether oxygens (including phenoxy) is 1. The summed E-state index contributed by atoms with van der Waals surface area (Å²) in [6.45, 7) is 1.90. The molecule has 2 heterocycles. The summed E-state index contributed by atoms with van der Waals surface area (Å²) in [7, 11) is 5.89. The third-order valence-corrected chi connectivity index (χ3v) is 5.42. The van der Waals surface area contributed by atoms with E-state index in [0.717, 1.165) is 59.3 Å². The third-order valence-electron chi connectivity index (χ3n) is 5.42. The van der Waals surface area contributed by atoms with Gasteiger partial charge in [-0.15, -0.1) is 0 Å². The Morgan fingerprint density at radius 1 is 0.973 bits per heavy atom. The summed E-state index contributed by atoms with van der Waals surface area (Å²) in [4.78, 5) is 33.4. The second kappa shape index (κ2) is 13.0. The molecule has 0 fully saturated rings. The monoisotopic (exact) mass is 502 g/mol. The van der Waals surface area contributed by atoms with Gasteiger partial charge in [0.15, 0.2) is 5.82 Å². The van der Waals surface area contributed by atoms with E-state index >= 15 is 0 Å². The molecule has 0 bridgehead atoms. The first-order chi connectivity index (χ1) is 17.8. The summed E-state index contributed by atoms with van der Waals surface area (Å²) in [6, 6.07) is 20.5. The number of hydrogen-bond acceptors (Lipinski definition) is 7. The number of aliphatic imine (C=N–C) groups is 1. The van der Waals surface area contributed by atoms with Crippen LogP contribution in [-0.2, 0) is 9.59 Å². The Morgan fingerprint density at radius 3 is 2.27 bits per heavy atom. The number of fused-ring (bicyclic) bond motifs is 2. The van der Waals surface area contributed by atoms with Gasteiger partial charge in [-0.3, -0.25) is 0 Å². The molecule has 1 aromatic heterocycles. The van der Waals surface area contributed by atoms with Crippen LogP contribution in [0.25, 0.3) is 0 Å². The Kier molecular flexibility index (Phi) is 9.51. The van der Waals surface area contributed by atoms with Gasteiger partial charge in [-0.1, -0.05) is 18.2 Å². The number of aromatic nitrogens is 1. The first-order valence-electron chi connectivity index (χ1n) is 11.6. The van der Waals surface area contributed by atoms with Crippen LogP contribution in [0.15, 0.2) is 84.0 Å². The molecule has 0 amide bonds. The molecule has 9 heteroatoms. The van der Waals surface area contributed by atoms with Gasteiger partial charge in [0, 0.05) is 36.0 Å². The fourth-order valence-corrected chi connectivity index (χ4v) is 3.77. The molecule has 192 valence electrons. The summed E-state index contributed by atoms with van der Waals surface area (Å²) in [5, 5.41) is 15.6. The number of carboxylic acids is 2. The van der Waals surface area contributed by atoms with Crippen molar-refractivity contribution in [3.63, 3.8) is 0 Å². The molecular formula is C28H30N4O5. The van der Waals surface area contributed by atoms with Crippen molar-refractivity contribution < 1.29 is 24.5 Å². The Morgan fingerprint density at radius 2 is 1.65 bits per heavy atom. The van der Waals surface area contributed by atoms with Crippen LogP contribution in [0.3, 0.4) is 0 Å². The van der Waals surface area contributed by atoms with Gasteiger partial charge in [0.05, 0.1) is 18.5 Å². The molecule has 0 aliphatic carbocycles. The molecule has 37 heavy (non-hydrogen) atoms. The van der Waals surface area contributed by atoms with E-state index in [2.05, 4.69) is 60.3 Å². The number of aliphatic carboxylic acids is 2. The Bertz CT molecular complexity index is 1270. The highest BCUT2D eigenvalue weighted by Gasteiger charge is 2.24. The molecular weight excluding hydrogens is 472 g/mol. The highest BCUT2D eigenvalue weighted by molar-refractivity contribution is 6.18. The number of carbonyl (C=O) groups is 2. The topological polar surface area (TPSA) is 116 Å². The average Bonchev–Trinajstić information content (AvgIpc) is 3.03. The molecule has 9 nitrogen and oxygen atoms in total. The fraction of sp³-hybridized carbons (Fsp3) is 0.214. The predicted octanol–water partition coefficient (Wildman–Crippen LogP) is 4.37. The highest BCUT2D eigenvalue weighted by Crippen LogP contribution is 2.39. The minimum absolute atomic E-state index is 0.558. The molecule has 0 radical (unpaired) electrons. The van der Waals surface area contributed by atoms with Gasteiger partial charge in [0.25, 0.3) is 0 Å². The van der Waals surface area contributed by atoms with Crippen LogP contribution < -0.4 is 9.64 Å². The molecule has 0 saturated heterocycles. The number of pyridine rings is 1. The Hall–Kier alpha value is -4.50. The van der Waals surface area contributed by atoms with Crippen molar-refractivity contribution in [2.24, 2.45) is 4.99 Å². The van der Waals surface area contributed by atoms with Crippen molar-refractivity contribution >= 4 is 34.8 Å². The lowest BCUT2D eigenvalue weighted by Gasteiger charge is -2.26. The number of rotatable bonds is 8. The van der Waals surface area contributed by atoms with Crippen molar-refractivity contribution in [3.8, 4) is 5.75 Å². The van der Waals surface area contributed by atoms with Crippen LogP contribution in [0, 0.1) is 0 Å². The number of anilines is 2. The van der Waals surface area contributed by atoms with Gasteiger partial charge in [-0.05, 0) is 69.5 Å². The summed E-state index contributed by atoms with van der Waals surface area (Å²) in [5.74, 6) is -0.773. The van der Waals surface area contributed by atoms with E-state index in [9.17, 15) is 9.59 Å².